The fourth-order valence-electron chi connectivity index (χ4n) is 1.85. The van der Waals surface area contributed by atoms with Crippen molar-refractivity contribution in [2.24, 2.45) is 0 Å². The van der Waals surface area contributed by atoms with Crippen molar-refractivity contribution in [1.82, 2.24) is 9.78 Å². The summed E-state index contributed by atoms with van der Waals surface area (Å²) in [6.45, 7) is 2.03. The zero-order chi connectivity index (χ0) is 13.1. The van der Waals surface area contributed by atoms with Crippen LogP contribution in [-0.2, 0) is 12.3 Å². The van der Waals surface area contributed by atoms with Gasteiger partial charge in [-0.15, -0.1) is 11.6 Å². The van der Waals surface area contributed by atoms with Gasteiger partial charge >= 0.3 is 0 Å². The van der Waals surface area contributed by atoms with Crippen LogP contribution < -0.4 is 4.74 Å². The Morgan fingerprint density at radius 2 is 2.06 bits per heavy atom. The molecule has 0 N–H and O–H groups in total. The minimum absolute atomic E-state index is 0.358. The van der Waals surface area contributed by atoms with Gasteiger partial charge in [-0.1, -0.05) is 30.7 Å². The summed E-state index contributed by atoms with van der Waals surface area (Å²) >= 11 is 12.3. The van der Waals surface area contributed by atoms with Crippen molar-refractivity contribution in [3.8, 4) is 11.4 Å². The number of para-hydroxylation sites is 2. The van der Waals surface area contributed by atoms with Crippen LogP contribution >= 0.6 is 23.2 Å². The lowest BCUT2D eigenvalue weighted by atomic mass is 10.2. The molecule has 0 fully saturated rings. The van der Waals surface area contributed by atoms with Gasteiger partial charge in [-0.25, -0.2) is 4.68 Å². The number of halogens is 2. The molecule has 0 bridgehead atoms. The topological polar surface area (TPSA) is 27.1 Å². The summed E-state index contributed by atoms with van der Waals surface area (Å²) in [7, 11) is 1.62. The molecule has 0 aliphatic rings. The summed E-state index contributed by atoms with van der Waals surface area (Å²) < 4.78 is 7.00. The molecule has 1 aromatic heterocycles. The predicted octanol–water partition coefficient (Wildman–Crippen LogP) is 3.84. The summed E-state index contributed by atoms with van der Waals surface area (Å²) in [5.41, 5.74) is 2.61. The molecule has 0 aliphatic heterocycles. The van der Waals surface area contributed by atoms with E-state index in [-0.39, 0.29) is 0 Å². The third kappa shape index (κ3) is 2.20. The van der Waals surface area contributed by atoms with Gasteiger partial charge in [-0.3, -0.25) is 0 Å². The summed E-state index contributed by atoms with van der Waals surface area (Å²) in [5, 5.41) is 5.05. The molecule has 1 aromatic carbocycles. The van der Waals surface area contributed by atoms with Crippen LogP contribution in [0.2, 0.25) is 5.15 Å². The highest BCUT2D eigenvalue weighted by Gasteiger charge is 2.17. The van der Waals surface area contributed by atoms with E-state index in [0.717, 1.165) is 29.1 Å². The van der Waals surface area contributed by atoms with Crippen molar-refractivity contribution < 1.29 is 4.74 Å². The van der Waals surface area contributed by atoms with Crippen LogP contribution in [0.5, 0.6) is 5.75 Å². The van der Waals surface area contributed by atoms with Gasteiger partial charge in [0, 0.05) is 5.56 Å². The Labute approximate surface area is 116 Å². The largest absolute Gasteiger partial charge is 0.494 e. The zero-order valence-corrected chi connectivity index (χ0v) is 11.8. The van der Waals surface area contributed by atoms with E-state index in [1.54, 1.807) is 11.8 Å². The van der Waals surface area contributed by atoms with Crippen LogP contribution in [0.3, 0.4) is 0 Å². The maximum atomic E-state index is 6.33. The van der Waals surface area contributed by atoms with Gasteiger partial charge in [0.2, 0.25) is 0 Å². The third-order valence-corrected chi connectivity index (χ3v) is 3.44. The number of benzene rings is 1. The molecule has 18 heavy (non-hydrogen) atoms. The van der Waals surface area contributed by atoms with E-state index in [4.69, 9.17) is 27.9 Å². The Morgan fingerprint density at radius 3 is 2.61 bits per heavy atom. The second kappa shape index (κ2) is 5.63. The maximum Gasteiger partial charge on any atom is 0.144 e. The first-order valence-corrected chi connectivity index (χ1v) is 6.59. The first-order chi connectivity index (χ1) is 8.72. The average Bonchev–Trinajstić information content (AvgIpc) is 2.74. The number of ether oxygens (including phenoxy) is 1. The Balaban J connectivity index is 2.60. The molecule has 2 aromatic rings. The number of hydrogen-bond acceptors (Lipinski definition) is 2. The average molecular weight is 285 g/mol. The lowest BCUT2D eigenvalue weighted by molar-refractivity contribution is 0.411. The van der Waals surface area contributed by atoms with Gasteiger partial charge in [0.1, 0.15) is 16.6 Å². The Hall–Kier alpha value is -1.19. The Morgan fingerprint density at radius 1 is 1.33 bits per heavy atom. The van der Waals surface area contributed by atoms with E-state index < -0.39 is 0 Å². The van der Waals surface area contributed by atoms with Gasteiger partial charge in [0.05, 0.1) is 18.7 Å². The molecule has 0 amide bonds. The third-order valence-electron chi connectivity index (χ3n) is 2.79. The normalized spacial score (nSPS) is 10.7. The zero-order valence-electron chi connectivity index (χ0n) is 10.3. The second-order valence-electron chi connectivity index (χ2n) is 3.79. The smallest absolute Gasteiger partial charge is 0.144 e. The maximum absolute atomic E-state index is 6.33. The van der Waals surface area contributed by atoms with Gasteiger partial charge in [0.25, 0.3) is 0 Å². The fraction of sp³-hybridized carbons (Fsp3) is 0.308. The summed E-state index contributed by atoms with van der Waals surface area (Å²) in [6, 6.07) is 7.61. The van der Waals surface area contributed by atoms with Crippen LogP contribution in [0.4, 0.5) is 0 Å². The van der Waals surface area contributed by atoms with Crippen molar-refractivity contribution in [3.63, 3.8) is 0 Å². The van der Waals surface area contributed by atoms with Gasteiger partial charge in [-0.2, -0.15) is 5.10 Å². The number of aromatic nitrogens is 2. The standard InChI is InChI=1S/C13H14Cl2N2O/c1-3-10-9(8-14)13(15)17(16-10)11-6-4-5-7-12(11)18-2/h4-7H,3,8H2,1-2H3. The number of methoxy groups -OCH3 is 1. The Kier molecular flexibility index (Phi) is 4.15. The highest BCUT2D eigenvalue weighted by Crippen LogP contribution is 2.29. The molecular formula is C13H14Cl2N2O. The van der Waals surface area contributed by atoms with E-state index in [1.807, 2.05) is 31.2 Å². The number of aryl methyl sites for hydroxylation is 1. The van der Waals surface area contributed by atoms with Crippen LogP contribution in [-0.4, -0.2) is 16.9 Å². The molecule has 5 heteroatoms. The van der Waals surface area contributed by atoms with E-state index in [1.165, 1.54) is 0 Å². The van der Waals surface area contributed by atoms with E-state index in [2.05, 4.69) is 5.10 Å². The van der Waals surface area contributed by atoms with Crippen LogP contribution in [0, 0.1) is 0 Å². The van der Waals surface area contributed by atoms with Crippen molar-refractivity contribution in [3.05, 3.63) is 40.7 Å². The SMILES string of the molecule is CCc1nn(-c2ccccc2OC)c(Cl)c1CCl. The first-order valence-electron chi connectivity index (χ1n) is 5.68. The molecular weight excluding hydrogens is 271 g/mol. The van der Waals surface area contributed by atoms with E-state index >= 15 is 0 Å². The molecule has 96 valence electrons. The lowest BCUT2D eigenvalue weighted by Gasteiger charge is -2.08. The van der Waals surface area contributed by atoms with Crippen molar-refractivity contribution in [2.45, 2.75) is 19.2 Å². The van der Waals surface area contributed by atoms with Crippen molar-refractivity contribution >= 4 is 23.2 Å². The van der Waals surface area contributed by atoms with Crippen LogP contribution in [0.25, 0.3) is 5.69 Å². The molecule has 0 saturated carbocycles. The van der Waals surface area contributed by atoms with Gasteiger partial charge in [-0.05, 0) is 18.6 Å². The summed E-state index contributed by atoms with van der Waals surface area (Å²) in [6.07, 6.45) is 0.796. The molecule has 3 nitrogen and oxygen atoms in total. The number of rotatable bonds is 4. The fourth-order valence-corrected chi connectivity index (χ4v) is 2.51. The molecule has 0 saturated heterocycles. The van der Waals surface area contributed by atoms with Crippen LogP contribution in [0.1, 0.15) is 18.2 Å². The van der Waals surface area contributed by atoms with E-state index in [9.17, 15) is 0 Å². The minimum Gasteiger partial charge on any atom is -0.494 e. The second-order valence-corrected chi connectivity index (χ2v) is 4.41. The molecule has 1 heterocycles. The number of hydrogen-bond donors (Lipinski definition) is 0. The summed E-state index contributed by atoms with van der Waals surface area (Å²) in [4.78, 5) is 0. The van der Waals surface area contributed by atoms with Gasteiger partial charge in [0.15, 0.2) is 0 Å². The van der Waals surface area contributed by atoms with E-state index in [0.29, 0.717) is 11.0 Å². The highest BCUT2D eigenvalue weighted by molar-refractivity contribution is 6.31. The summed E-state index contributed by atoms with van der Waals surface area (Å²) in [5.74, 6) is 1.09. The van der Waals surface area contributed by atoms with Crippen LogP contribution in [0.15, 0.2) is 24.3 Å². The molecule has 2 rings (SSSR count). The Bertz CT molecular complexity index is 552. The van der Waals surface area contributed by atoms with Crippen molar-refractivity contribution in [2.75, 3.05) is 7.11 Å². The quantitative estimate of drug-likeness (QED) is 0.798. The highest BCUT2D eigenvalue weighted by atomic mass is 35.5. The van der Waals surface area contributed by atoms with Gasteiger partial charge < -0.3 is 4.74 Å². The number of alkyl halides is 1. The first kappa shape index (κ1) is 13.2. The minimum atomic E-state index is 0.358. The predicted molar refractivity (Wildman–Crippen MR) is 74.1 cm³/mol. The molecule has 0 atom stereocenters. The molecule has 0 radical (unpaired) electrons. The van der Waals surface area contributed by atoms with Crippen molar-refractivity contribution in [1.29, 1.82) is 0 Å². The molecule has 0 aliphatic carbocycles. The lowest BCUT2D eigenvalue weighted by Crippen LogP contribution is -2.00. The molecule has 0 unspecified atom stereocenters. The number of nitrogens with zero attached hydrogens (tertiary/aromatic N) is 2. The molecule has 0 spiro atoms. The monoisotopic (exact) mass is 284 g/mol.